The molecule has 1 heterocycles. The first-order valence-corrected chi connectivity index (χ1v) is 8.47. The van der Waals surface area contributed by atoms with Crippen molar-refractivity contribution in [1.29, 1.82) is 0 Å². The Kier molecular flexibility index (Phi) is 5.42. The van der Waals surface area contributed by atoms with Crippen molar-refractivity contribution in [2.45, 2.75) is 13.0 Å². The Bertz CT molecular complexity index is 647. The van der Waals surface area contributed by atoms with Gasteiger partial charge in [-0.25, -0.2) is 0 Å². The fourth-order valence-corrected chi connectivity index (χ4v) is 3.30. The number of ether oxygens (including phenoxy) is 1. The fourth-order valence-electron chi connectivity index (χ4n) is 3.09. The molecule has 0 aliphatic carbocycles. The zero-order valence-corrected chi connectivity index (χ0v) is 14.2. The summed E-state index contributed by atoms with van der Waals surface area (Å²) in [5.74, 6) is 1.59. The van der Waals surface area contributed by atoms with E-state index in [1.54, 1.807) is 7.11 Å². The van der Waals surface area contributed by atoms with Crippen molar-refractivity contribution in [1.82, 2.24) is 5.32 Å². The van der Waals surface area contributed by atoms with Crippen LogP contribution in [0, 0.1) is 5.92 Å². The summed E-state index contributed by atoms with van der Waals surface area (Å²) in [5.41, 5.74) is 2.41. The number of nitrogens with one attached hydrogen (secondary N) is 1. The maximum atomic E-state index is 6.19. The van der Waals surface area contributed by atoms with Gasteiger partial charge in [-0.3, -0.25) is 0 Å². The van der Waals surface area contributed by atoms with E-state index < -0.39 is 0 Å². The zero-order chi connectivity index (χ0) is 16.1. The highest BCUT2D eigenvalue weighted by atomic mass is 35.5. The second-order valence-electron chi connectivity index (χ2n) is 6.02. The van der Waals surface area contributed by atoms with Gasteiger partial charge in [-0.2, -0.15) is 0 Å². The maximum Gasteiger partial charge on any atom is 0.120 e. The molecule has 4 heteroatoms. The van der Waals surface area contributed by atoms with Crippen molar-refractivity contribution in [3.05, 3.63) is 59.1 Å². The van der Waals surface area contributed by atoms with Crippen molar-refractivity contribution in [3.8, 4) is 5.75 Å². The fraction of sp³-hybridized carbons (Fsp3) is 0.368. The van der Waals surface area contributed by atoms with E-state index in [0.29, 0.717) is 5.92 Å². The Morgan fingerprint density at radius 3 is 2.91 bits per heavy atom. The molecule has 2 aromatic carbocycles. The summed E-state index contributed by atoms with van der Waals surface area (Å²) in [6.45, 7) is 4.04. The standard InChI is InChI=1S/C19H23ClN2O/c1-23-18-7-4-6-17(11-18)22-10-9-15(14-22)12-21-13-16-5-2-3-8-19(16)20/h2-8,11,15,21H,9-10,12-14H2,1H3/t15-/m0/s1. The van der Waals surface area contributed by atoms with Gasteiger partial charge in [-0.1, -0.05) is 35.9 Å². The predicted octanol–water partition coefficient (Wildman–Crippen LogP) is 3.96. The highest BCUT2D eigenvalue weighted by Gasteiger charge is 2.22. The van der Waals surface area contributed by atoms with E-state index in [2.05, 4.69) is 34.5 Å². The van der Waals surface area contributed by atoms with Gasteiger partial charge in [0.1, 0.15) is 5.75 Å². The molecule has 23 heavy (non-hydrogen) atoms. The molecule has 3 nitrogen and oxygen atoms in total. The lowest BCUT2D eigenvalue weighted by atomic mass is 10.1. The third-order valence-electron chi connectivity index (χ3n) is 4.41. The number of hydrogen-bond acceptors (Lipinski definition) is 3. The van der Waals surface area contributed by atoms with Gasteiger partial charge in [-0.05, 0) is 36.1 Å². The predicted molar refractivity (Wildman–Crippen MR) is 96.5 cm³/mol. The molecular formula is C19H23ClN2O. The number of halogens is 1. The van der Waals surface area contributed by atoms with Crippen molar-refractivity contribution < 1.29 is 4.74 Å². The molecule has 0 aromatic heterocycles. The lowest BCUT2D eigenvalue weighted by Gasteiger charge is -2.19. The Morgan fingerprint density at radius 1 is 1.22 bits per heavy atom. The van der Waals surface area contributed by atoms with E-state index in [1.165, 1.54) is 12.1 Å². The van der Waals surface area contributed by atoms with Crippen molar-refractivity contribution in [2.24, 2.45) is 5.92 Å². The SMILES string of the molecule is COc1cccc(N2CC[C@@H](CNCc3ccccc3Cl)C2)c1. The molecule has 0 amide bonds. The van der Waals surface area contributed by atoms with Crippen LogP contribution in [0.3, 0.4) is 0 Å². The summed E-state index contributed by atoms with van der Waals surface area (Å²) >= 11 is 6.19. The second kappa shape index (κ2) is 7.71. The topological polar surface area (TPSA) is 24.5 Å². The molecule has 1 fully saturated rings. The van der Waals surface area contributed by atoms with E-state index in [0.717, 1.165) is 42.5 Å². The monoisotopic (exact) mass is 330 g/mol. The van der Waals surface area contributed by atoms with Gasteiger partial charge in [-0.15, -0.1) is 0 Å². The molecule has 0 saturated carbocycles. The van der Waals surface area contributed by atoms with Crippen molar-refractivity contribution in [2.75, 3.05) is 31.6 Å². The minimum absolute atomic E-state index is 0.670. The number of methoxy groups -OCH3 is 1. The van der Waals surface area contributed by atoms with Crippen LogP contribution in [0.15, 0.2) is 48.5 Å². The number of hydrogen-bond donors (Lipinski definition) is 1. The van der Waals surface area contributed by atoms with Crippen LogP contribution in [0.25, 0.3) is 0 Å². The molecule has 122 valence electrons. The van der Waals surface area contributed by atoms with Crippen LogP contribution in [0.5, 0.6) is 5.75 Å². The Balaban J connectivity index is 1.49. The normalized spacial score (nSPS) is 17.5. The molecule has 1 aliphatic rings. The quantitative estimate of drug-likeness (QED) is 0.867. The summed E-state index contributed by atoms with van der Waals surface area (Å²) in [6.07, 6.45) is 1.22. The highest BCUT2D eigenvalue weighted by Crippen LogP contribution is 2.26. The van der Waals surface area contributed by atoms with Crippen LogP contribution in [0.4, 0.5) is 5.69 Å². The van der Waals surface area contributed by atoms with E-state index in [4.69, 9.17) is 16.3 Å². The molecule has 2 aromatic rings. The van der Waals surface area contributed by atoms with Crippen LogP contribution in [-0.4, -0.2) is 26.7 Å². The molecule has 0 radical (unpaired) electrons. The minimum Gasteiger partial charge on any atom is -0.497 e. The van der Waals surface area contributed by atoms with Crippen LogP contribution in [-0.2, 0) is 6.54 Å². The number of nitrogens with zero attached hydrogens (tertiary/aromatic N) is 1. The number of anilines is 1. The average Bonchev–Trinajstić information content (AvgIpc) is 3.06. The van der Waals surface area contributed by atoms with Crippen LogP contribution in [0.2, 0.25) is 5.02 Å². The first-order valence-electron chi connectivity index (χ1n) is 8.09. The first kappa shape index (κ1) is 16.2. The molecule has 1 N–H and O–H groups in total. The summed E-state index contributed by atoms with van der Waals surface area (Å²) in [6, 6.07) is 16.3. The van der Waals surface area contributed by atoms with Gasteiger partial charge in [0.15, 0.2) is 0 Å². The summed E-state index contributed by atoms with van der Waals surface area (Å²) < 4.78 is 5.31. The van der Waals surface area contributed by atoms with Gasteiger partial charge < -0.3 is 15.0 Å². The second-order valence-corrected chi connectivity index (χ2v) is 6.43. The summed E-state index contributed by atoms with van der Waals surface area (Å²) in [5, 5.41) is 4.38. The Labute approximate surface area is 143 Å². The molecule has 0 bridgehead atoms. The molecule has 1 saturated heterocycles. The van der Waals surface area contributed by atoms with E-state index in [-0.39, 0.29) is 0 Å². The summed E-state index contributed by atoms with van der Waals surface area (Å²) in [7, 11) is 1.71. The lowest BCUT2D eigenvalue weighted by Crippen LogP contribution is -2.26. The lowest BCUT2D eigenvalue weighted by molar-refractivity contribution is 0.415. The molecular weight excluding hydrogens is 308 g/mol. The molecule has 3 rings (SSSR count). The largest absolute Gasteiger partial charge is 0.497 e. The number of rotatable bonds is 6. The van der Waals surface area contributed by atoms with Gasteiger partial charge in [0.2, 0.25) is 0 Å². The Hall–Kier alpha value is -1.71. The number of benzene rings is 2. The molecule has 0 unspecified atom stereocenters. The van der Waals surface area contributed by atoms with Gasteiger partial charge in [0, 0.05) is 43.0 Å². The third kappa shape index (κ3) is 4.18. The molecule has 1 atom stereocenters. The Morgan fingerprint density at radius 2 is 2.09 bits per heavy atom. The first-order chi connectivity index (χ1) is 11.3. The zero-order valence-electron chi connectivity index (χ0n) is 13.5. The van der Waals surface area contributed by atoms with Crippen LogP contribution >= 0.6 is 11.6 Å². The highest BCUT2D eigenvalue weighted by molar-refractivity contribution is 6.31. The van der Waals surface area contributed by atoms with Crippen LogP contribution in [0.1, 0.15) is 12.0 Å². The van der Waals surface area contributed by atoms with Crippen molar-refractivity contribution >= 4 is 17.3 Å². The molecule has 1 aliphatic heterocycles. The van der Waals surface area contributed by atoms with Crippen molar-refractivity contribution in [3.63, 3.8) is 0 Å². The molecule has 0 spiro atoms. The van der Waals surface area contributed by atoms with Crippen LogP contribution < -0.4 is 15.0 Å². The van der Waals surface area contributed by atoms with E-state index >= 15 is 0 Å². The third-order valence-corrected chi connectivity index (χ3v) is 4.78. The van der Waals surface area contributed by atoms with E-state index in [1.807, 2.05) is 24.3 Å². The maximum absolute atomic E-state index is 6.19. The van der Waals surface area contributed by atoms with Gasteiger partial charge in [0.25, 0.3) is 0 Å². The summed E-state index contributed by atoms with van der Waals surface area (Å²) in [4.78, 5) is 2.43. The van der Waals surface area contributed by atoms with E-state index in [9.17, 15) is 0 Å². The smallest absolute Gasteiger partial charge is 0.120 e. The van der Waals surface area contributed by atoms with Gasteiger partial charge in [0.05, 0.1) is 7.11 Å². The average molecular weight is 331 g/mol. The van der Waals surface area contributed by atoms with Gasteiger partial charge >= 0.3 is 0 Å². The minimum atomic E-state index is 0.670.